The highest BCUT2D eigenvalue weighted by atomic mass is 16.6. The van der Waals surface area contributed by atoms with Crippen molar-refractivity contribution in [1.82, 2.24) is 15.5 Å². The van der Waals surface area contributed by atoms with Crippen molar-refractivity contribution in [3.63, 3.8) is 0 Å². The number of nitrogens with one attached hydrogen (secondary N) is 1. The molecule has 0 radical (unpaired) electrons. The van der Waals surface area contributed by atoms with E-state index in [2.05, 4.69) is 15.5 Å². The first-order valence-corrected chi connectivity index (χ1v) is 8.40. The second-order valence-corrected chi connectivity index (χ2v) is 5.88. The number of nitro groups is 1. The van der Waals surface area contributed by atoms with E-state index < -0.39 is 28.9 Å². The highest BCUT2D eigenvalue weighted by molar-refractivity contribution is 5.97. The van der Waals surface area contributed by atoms with E-state index in [0.717, 1.165) is 12.5 Å². The lowest BCUT2D eigenvalue weighted by atomic mass is 10.2. The number of hydrogen-bond donors (Lipinski definition) is 1. The Kier molecular flexibility index (Phi) is 6.58. The number of carbonyl (C=O) groups is 2. The number of nitrogens with zero attached hydrogens (tertiary/aromatic N) is 3. The number of rotatable bonds is 8. The van der Waals surface area contributed by atoms with Crippen LogP contribution in [0.5, 0.6) is 0 Å². The van der Waals surface area contributed by atoms with E-state index >= 15 is 0 Å². The molecule has 0 bridgehead atoms. The van der Waals surface area contributed by atoms with Gasteiger partial charge in [0, 0.05) is 24.1 Å². The van der Waals surface area contributed by atoms with E-state index in [1.54, 1.807) is 6.92 Å². The highest BCUT2D eigenvalue weighted by Gasteiger charge is 2.24. The fourth-order valence-corrected chi connectivity index (χ4v) is 2.18. The van der Waals surface area contributed by atoms with Crippen LogP contribution in [0.3, 0.4) is 0 Å². The maximum absolute atomic E-state index is 12.2. The molecule has 10 nitrogen and oxygen atoms in total. The lowest BCUT2D eigenvalue weighted by Crippen LogP contribution is -2.39. The Hall–Kier alpha value is -3.30. The van der Waals surface area contributed by atoms with Crippen LogP contribution in [0, 0.1) is 10.1 Å². The number of benzene rings is 1. The zero-order valence-corrected chi connectivity index (χ0v) is 15.2. The summed E-state index contributed by atoms with van der Waals surface area (Å²) in [6, 6.07) is 4.23. The average molecular weight is 376 g/mol. The molecular formula is C17H20N4O6. The Balaban J connectivity index is 1.95. The summed E-state index contributed by atoms with van der Waals surface area (Å²) in [5, 5.41) is 17.0. The predicted molar refractivity (Wildman–Crippen MR) is 92.8 cm³/mol. The number of amides is 1. The van der Waals surface area contributed by atoms with Gasteiger partial charge >= 0.3 is 5.97 Å². The van der Waals surface area contributed by atoms with Gasteiger partial charge in [0.2, 0.25) is 0 Å². The molecule has 2 aromatic rings. The monoisotopic (exact) mass is 376 g/mol. The summed E-state index contributed by atoms with van der Waals surface area (Å²) in [6.07, 6.45) is 0.737. The summed E-state index contributed by atoms with van der Waals surface area (Å²) >= 11 is 0. The van der Waals surface area contributed by atoms with Gasteiger partial charge in [0.25, 0.3) is 17.5 Å². The summed E-state index contributed by atoms with van der Waals surface area (Å²) in [4.78, 5) is 38.7. The normalized spacial score (nSPS) is 12.9. The molecular weight excluding hydrogens is 356 g/mol. The zero-order valence-electron chi connectivity index (χ0n) is 15.2. The SMILES string of the molecule is CCCc1noc(C(C)OC(=O)[C@H](C)NC(=O)c2cccc([N+](=O)[O-])c2)n1. The molecule has 1 N–H and O–H groups in total. The highest BCUT2D eigenvalue weighted by Crippen LogP contribution is 2.16. The van der Waals surface area contributed by atoms with Gasteiger partial charge in [-0.1, -0.05) is 18.1 Å². The molecule has 1 heterocycles. The van der Waals surface area contributed by atoms with Crippen molar-refractivity contribution in [2.75, 3.05) is 0 Å². The topological polar surface area (TPSA) is 137 Å². The third-order valence-electron chi connectivity index (χ3n) is 3.62. The minimum absolute atomic E-state index is 0.0676. The maximum atomic E-state index is 12.2. The predicted octanol–water partition coefficient (Wildman–Crippen LogP) is 2.35. The van der Waals surface area contributed by atoms with Gasteiger partial charge in [-0.2, -0.15) is 4.98 Å². The number of aromatic nitrogens is 2. The molecule has 0 aliphatic heterocycles. The smallest absolute Gasteiger partial charge is 0.329 e. The fourth-order valence-electron chi connectivity index (χ4n) is 2.18. The van der Waals surface area contributed by atoms with Crippen LogP contribution in [0.2, 0.25) is 0 Å². The molecule has 2 rings (SSSR count). The van der Waals surface area contributed by atoms with Crippen LogP contribution in [-0.2, 0) is 16.0 Å². The number of ether oxygens (including phenoxy) is 1. The van der Waals surface area contributed by atoms with Crippen LogP contribution in [-0.4, -0.2) is 33.0 Å². The second-order valence-electron chi connectivity index (χ2n) is 5.88. The number of aryl methyl sites for hydroxylation is 1. The molecule has 10 heteroatoms. The van der Waals surface area contributed by atoms with Gasteiger partial charge < -0.3 is 14.6 Å². The number of non-ortho nitro benzene ring substituents is 1. The molecule has 0 spiro atoms. The molecule has 0 fully saturated rings. The average Bonchev–Trinajstić information content (AvgIpc) is 3.10. The van der Waals surface area contributed by atoms with Gasteiger partial charge in [0.05, 0.1) is 4.92 Å². The van der Waals surface area contributed by atoms with Gasteiger partial charge in [0.15, 0.2) is 11.9 Å². The summed E-state index contributed by atoms with van der Waals surface area (Å²) in [5.41, 5.74) is -0.149. The van der Waals surface area contributed by atoms with E-state index in [-0.39, 0.29) is 17.1 Å². The number of nitro benzene ring substituents is 1. The number of esters is 1. The first kappa shape index (κ1) is 20.0. The number of hydrogen-bond acceptors (Lipinski definition) is 8. The van der Waals surface area contributed by atoms with Crippen molar-refractivity contribution in [1.29, 1.82) is 0 Å². The van der Waals surface area contributed by atoms with Crippen molar-refractivity contribution in [2.45, 2.75) is 45.8 Å². The van der Waals surface area contributed by atoms with E-state index in [0.29, 0.717) is 12.2 Å². The Morgan fingerprint density at radius 2 is 2.11 bits per heavy atom. The van der Waals surface area contributed by atoms with Crippen LogP contribution >= 0.6 is 0 Å². The van der Waals surface area contributed by atoms with Crippen molar-refractivity contribution in [2.24, 2.45) is 0 Å². The zero-order chi connectivity index (χ0) is 20.0. The molecule has 0 aliphatic carbocycles. The van der Waals surface area contributed by atoms with E-state index in [1.165, 1.54) is 25.1 Å². The van der Waals surface area contributed by atoms with E-state index in [9.17, 15) is 19.7 Å². The quantitative estimate of drug-likeness (QED) is 0.421. The van der Waals surface area contributed by atoms with Gasteiger partial charge in [-0.15, -0.1) is 0 Å². The molecule has 27 heavy (non-hydrogen) atoms. The lowest BCUT2D eigenvalue weighted by molar-refractivity contribution is -0.384. The molecule has 1 aromatic carbocycles. The Labute approximate surface area is 155 Å². The fraction of sp³-hybridized carbons (Fsp3) is 0.412. The van der Waals surface area contributed by atoms with Crippen molar-refractivity contribution < 1.29 is 23.8 Å². The molecule has 0 aliphatic rings. The largest absolute Gasteiger partial charge is 0.451 e. The van der Waals surface area contributed by atoms with Gasteiger partial charge in [-0.05, 0) is 26.3 Å². The molecule has 144 valence electrons. The third-order valence-corrected chi connectivity index (χ3v) is 3.62. The summed E-state index contributed by atoms with van der Waals surface area (Å²) in [7, 11) is 0. The Bertz CT molecular complexity index is 834. The summed E-state index contributed by atoms with van der Waals surface area (Å²) in [6.45, 7) is 5.00. The standard InChI is InChI=1S/C17H20N4O6/c1-4-6-14-19-16(27-20-14)11(3)26-17(23)10(2)18-15(22)12-7-5-8-13(9-12)21(24)25/h5,7-11H,4,6H2,1-3H3,(H,18,22)/t10-,11?/m0/s1. The summed E-state index contributed by atoms with van der Waals surface area (Å²) in [5.74, 6) is -0.623. The van der Waals surface area contributed by atoms with Crippen LogP contribution in [0.4, 0.5) is 5.69 Å². The van der Waals surface area contributed by atoms with Gasteiger partial charge in [-0.25, -0.2) is 4.79 Å². The van der Waals surface area contributed by atoms with E-state index in [4.69, 9.17) is 9.26 Å². The lowest BCUT2D eigenvalue weighted by Gasteiger charge is -2.15. The molecule has 0 saturated carbocycles. The van der Waals surface area contributed by atoms with E-state index in [1.807, 2.05) is 6.92 Å². The number of carbonyl (C=O) groups excluding carboxylic acids is 2. The van der Waals surface area contributed by atoms with Gasteiger partial charge in [0.1, 0.15) is 6.04 Å². The second kappa shape index (κ2) is 8.88. The maximum Gasteiger partial charge on any atom is 0.329 e. The molecule has 1 amide bonds. The van der Waals surface area contributed by atoms with Crippen LogP contribution in [0.1, 0.15) is 55.4 Å². The van der Waals surface area contributed by atoms with Crippen molar-refractivity contribution >= 4 is 17.6 Å². The van der Waals surface area contributed by atoms with Crippen LogP contribution in [0.25, 0.3) is 0 Å². The first-order valence-electron chi connectivity index (χ1n) is 8.40. The minimum atomic E-state index is -0.975. The Morgan fingerprint density at radius 1 is 1.37 bits per heavy atom. The summed E-state index contributed by atoms with van der Waals surface area (Å²) < 4.78 is 10.3. The first-order chi connectivity index (χ1) is 12.8. The minimum Gasteiger partial charge on any atom is -0.451 e. The molecule has 1 aromatic heterocycles. The molecule has 1 unspecified atom stereocenters. The van der Waals surface area contributed by atoms with Crippen LogP contribution in [0.15, 0.2) is 28.8 Å². The van der Waals surface area contributed by atoms with Crippen molar-refractivity contribution in [3.05, 3.63) is 51.7 Å². The molecule has 0 saturated heterocycles. The Morgan fingerprint density at radius 3 is 2.78 bits per heavy atom. The van der Waals surface area contributed by atoms with Crippen molar-refractivity contribution in [3.8, 4) is 0 Å². The van der Waals surface area contributed by atoms with Crippen LogP contribution < -0.4 is 5.32 Å². The molecule has 2 atom stereocenters. The van der Waals surface area contributed by atoms with Gasteiger partial charge in [-0.3, -0.25) is 14.9 Å². The third kappa shape index (κ3) is 5.33.